The van der Waals surface area contributed by atoms with Crippen molar-refractivity contribution in [1.29, 1.82) is 0 Å². The summed E-state index contributed by atoms with van der Waals surface area (Å²) in [5, 5.41) is 11.2. The molecule has 1 aliphatic heterocycles. The van der Waals surface area contributed by atoms with Crippen molar-refractivity contribution < 1.29 is 9.53 Å². The molecule has 1 aliphatic rings. The molecule has 0 spiro atoms. The van der Waals surface area contributed by atoms with E-state index in [1.165, 1.54) is 18.4 Å². The van der Waals surface area contributed by atoms with Gasteiger partial charge in [0.25, 0.3) is 5.91 Å². The van der Waals surface area contributed by atoms with Gasteiger partial charge in [0.15, 0.2) is 5.69 Å². The molecule has 0 radical (unpaired) electrons. The molecule has 1 amide bonds. The number of hydrogen-bond acceptors (Lipinski definition) is 4. The third-order valence-electron chi connectivity index (χ3n) is 5.47. The second-order valence-corrected chi connectivity index (χ2v) is 7.36. The zero-order valence-corrected chi connectivity index (χ0v) is 16.4. The number of aromatic nitrogens is 2. The molecule has 1 saturated heterocycles. The summed E-state index contributed by atoms with van der Waals surface area (Å²) in [6.07, 6.45) is 2.40. The molecule has 1 fully saturated rings. The highest BCUT2D eigenvalue weighted by molar-refractivity contribution is 6.04. The van der Waals surface area contributed by atoms with E-state index in [0.29, 0.717) is 12.2 Å². The van der Waals surface area contributed by atoms with Gasteiger partial charge >= 0.3 is 0 Å². The summed E-state index contributed by atoms with van der Waals surface area (Å²) in [6, 6.07) is 14.2. The molecule has 1 atom stereocenters. The van der Waals surface area contributed by atoms with Crippen molar-refractivity contribution in [1.82, 2.24) is 20.4 Å². The van der Waals surface area contributed by atoms with Gasteiger partial charge in [-0.1, -0.05) is 23.8 Å². The number of rotatable bonds is 6. The van der Waals surface area contributed by atoms with E-state index in [0.717, 1.165) is 35.3 Å². The zero-order valence-electron chi connectivity index (χ0n) is 16.4. The van der Waals surface area contributed by atoms with Crippen LogP contribution < -0.4 is 10.1 Å². The minimum atomic E-state index is -0.144. The van der Waals surface area contributed by atoms with Gasteiger partial charge in [-0.3, -0.25) is 14.8 Å². The molecule has 6 heteroatoms. The average Bonchev–Trinajstić information content (AvgIpc) is 3.38. The van der Waals surface area contributed by atoms with Gasteiger partial charge in [-0.15, -0.1) is 0 Å². The number of fused-ring (bicyclic) bond motifs is 1. The maximum Gasteiger partial charge on any atom is 0.272 e. The van der Waals surface area contributed by atoms with E-state index in [4.69, 9.17) is 4.74 Å². The largest absolute Gasteiger partial charge is 0.497 e. The van der Waals surface area contributed by atoms with Crippen LogP contribution in [0.3, 0.4) is 0 Å². The smallest absolute Gasteiger partial charge is 0.272 e. The van der Waals surface area contributed by atoms with E-state index >= 15 is 0 Å². The zero-order chi connectivity index (χ0) is 19.5. The molecule has 3 aromatic rings. The fraction of sp³-hybridized carbons (Fsp3) is 0.364. The summed E-state index contributed by atoms with van der Waals surface area (Å²) < 4.78 is 5.28. The summed E-state index contributed by atoms with van der Waals surface area (Å²) in [5.41, 5.74) is 3.62. The highest BCUT2D eigenvalue weighted by Gasteiger charge is 2.25. The Morgan fingerprint density at radius 2 is 1.96 bits per heavy atom. The summed E-state index contributed by atoms with van der Waals surface area (Å²) in [7, 11) is 1.67. The number of aryl methyl sites for hydroxylation is 1. The second-order valence-electron chi connectivity index (χ2n) is 7.36. The fourth-order valence-corrected chi connectivity index (χ4v) is 3.91. The molecule has 1 unspecified atom stereocenters. The quantitative estimate of drug-likeness (QED) is 0.689. The summed E-state index contributed by atoms with van der Waals surface area (Å²) in [6.45, 7) is 4.67. The maximum atomic E-state index is 12.9. The lowest BCUT2D eigenvalue weighted by atomic mass is 10.0. The van der Waals surface area contributed by atoms with E-state index in [2.05, 4.69) is 32.5 Å². The summed E-state index contributed by atoms with van der Waals surface area (Å²) >= 11 is 0. The van der Waals surface area contributed by atoms with E-state index < -0.39 is 0 Å². The first-order chi connectivity index (χ1) is 13.7. The van der Waals surface area contributed by atoms with Gasteiger partial charge in [0.2, 0.25) is 0 Å². The van der Waals surface area contributed by atoms with Gasteiger partial charge in [0.1, 0.15) is 5.75 Å². The molecule has 2 aromatic carbocycles. The second kappa shape index (κ2) is 8.02. The number of nitrogens with one attached hydrogen (secondary N) is 2. The number of amides is 1. The molecule has 0 aliphatic carbocycles. The van der Waals surface area contributed by atoms with Crippen LogP contribution in [0, 0.1) is 6.92 Å². The molecule has 2 N–H and O–H groups in total. The Kier molecular flexibility index (Phi) is 5.30. The minimum absolute atomic E-state index is 0.143. The lowest BCUT2D eigenvalue weighted by molar-refractivity contribution is 0.0934. The van der Waals surface area contributed by atoms with Crippen molar-refractivity contribution in [3.8, 4) is 5.75 Å². The molecule has 1 aromatic heterocycles. The van der Waals surface area contributed by atoms with Gasteiger partial charge in [0.05, 0.1) is 18.7 Å². The van der Waals surface area contributed by atoms with Crippen molar-refractivity contribution in [2.24, 2.45) is 0 Å². The number of ether oxygens (including phenoxy) is 1. The first-order valence-electron chi connectivity index (χ1n) is 9.76. The number of H-pyrrole nitrogens is 1. The average molecular weight is 378 g/mol. The van der Waals surface area contributed by atoms with Crippen LogP contribution in [0.5, 0.6) is 5.75 Å². The Labute approximate surface area is 164 Å². The summed E-state index contributed by atoms with van der Waals surface area (Å²) in [5.74, 6) is 0.695. The third-order valence-corrected chi connectivity index (χ3v) is 5.47. The monoisotopic (exact) mass is 378 g/mol. The molecular weight excluding hydrogens is 352 g/mol. The van der Waals surface area contributed by atoms with E-state index in [-0.39, 0.29) is 11.9 Å². The topological polar surface area (TPSA) is 70.2 Å². The molecule has 6 nitrogen and oxygen atoms in total. The van der Waals surface area contributed by atoms with Crippen molar-refractivity contribution in [3.63, 3.8) is 0 Å². The molecule has 0 saturated carbocycles. The van der Waals surface area contributed by atoms with Crippen molar-refractivity contribution >= 4 is 16.8 Å². The molecular formula is C22H26N4O2. The fourth-order valence-electron chi connectivity index (χ4n) is 3.91. The number of carbonyl (C=O) groups is 1. The molecule has 2 heterocycles. The van der Waals surface area contributed by atoms with Gasteiger partial charge in [-0.05, 0) is 62.7 Å². The Balaban J connectivity index is 1.53. The highest BCUT2D eigenvalue weighted by atomic mass is 16.5. The van der Waals surface area contributed by atoms with Crippen molar-refractivity contribution in [2.75, 3.05) is 26.7 Å². The van der Waals surface area contributed by atoms with Crippen LogP contribution in [0.4, 0.5) is 0 Å². The van der Waals surface area contributed by atoms with Gasteiger partial charge in [0, 0.05) is 11.9 Å². The first-order valence-corrected chi connectivity index (χ1v) is 9.76. The molecule has 146 valence electrons. The Morgan fingerprint density at radius 3 is 2.68 bits per heavy atom. The Bertz CT molecular complexity index is 958. The minimum Gasteiger partial charge on any atom is -0.497 e. The van der Waals surface area contributed by atoms with Crippen LogP contribution in [0.1, 0.15) is 40.5 Å². The molecule has 28 heavy (non-hydrogen) atoms. The van der Waals surface area contributed by atoms with E-state index in [1.807, 2.05) is 37.3 Å². The van der Waals surface area contributed by atoms with Crippen LogP contribution in [-0.2, 0) is 0 Å². The van der Waals surface area contributed by atoms with Crippen LogP contribution in [0.2, 0.25) is 0 Å². The van der Waals surface area contributed by atoms with Gasteiger partial charge in [-0.25, -0.2) is 0 Å². The SMILES string of the molecule is COc1ccc(C(CNC(=O)c2n[nH]c3ccc(C)cc23)N2CCCC2)cc1. The maximum absolute atomic E-state index is 12.9. The van der Waals surface area contributed by atoms with Gasteiger partial charge in [-0.2, -0.15) is 5.10 Å². The predicted octanol–water partition coefficient (Wildman–Crippen LogP) is 3.45. The number of nitrogens with zero attached hydrogens (tertiary/aromatic N) is 2. The molecule has 0 bridgehead atoms. The van der Waals surface area contributed by atoms with Crippen LogP contribution >= 0.6 is 0 Å². The van der Waals surface area contributed by atoms with E-state index in [1.54, 1.807) is 7.11 Å². The normalized spacial score (nSPS) is 15.6. The Morgan fingerprint density at radius 1 is 1.21 bits per heavy atom. The third kappa shape index (κ3) is 3.73. The highest BCUT2D eigenvalue weighted by Crippen LogP contribution is 2.26. The van der Waals surface area contributed by atoms with Crippen molar-refractivity contribution in [2.45, 2.75) is 25.8 Å². The number of hydrogen-bond donors (Lipinski definition) is 2. The van der Waals surface area contributed by atoms with Crippen molar-refractivity contribution in [3.05, 3.63) is 59.3 Å². The number of aromatic amines is 1. The Hall–Kier alpha value is -2.86. The standard InChI is InChI=1S/C22H26N4O2/c1-15-5-10-19-18(13-15)21(25-24-19)22(27)23-14-20(26-11-3-4-12-26)16-6-8-17(28-2)9-7-16/h5-10,13,20H,3-4,11-12,14H2,1-2H3,(H,23,27)(H,24,25). The lowest BCUT2D eigenvalue weighted by Crippen LogP contribution is -2.37. The number of carbonyl (C=O) groups excluding carboxylic acids is 1. The number of benzene rings is 2. The van der Waals surface area contributed by atoms with Crippen LogP contribution in [-0.4, -0.2) is 47.7 Å². The van der Waals surface area contributed by atoms with Crippen LogP contribution in [0.15, 0.2) is 42.5 Å². The van der Waals surface area contributed by atoms with Crippen LogP contribution in [0.25, 0.3) is 10.9 Å². The molecule has 4 rings (SSSR count). The van der Waals surface area contributed by atoms with Gasteiger partial charge < -0.3 is 10.1 Å². The number of likely N-dealkylation sites (tertiary alicyclic amines) is 1. The number of methoxy groups -OCH3 is 1. The van der Waals surface area contributed by atoms with E-state index in [9.17, 15) is 4.79 Å². The lowest BCUT2D eigenvalue weighted by Gasteiger charge is -2.28. The summed E-state index contributed by atoms with van der Waals surface area (Å²) in [4.78, 5) is 15.3. The predicted molar refractivity (Wildman–Crippen MR) is 110 cm³/mol. The first kappa shape index (κ1) is 18.5.